The zero-order chi connectivity index (χ0) is 18.0. The van der Waals surface area contributed by atoms with E-state index in [1.165, 1.54) is 4.68 Å². The summed E-state index contributed by atoms with van der Waals surface area (Å²) in [5.41, 5.74) is 1.91. The second-order valence-corrected chi connectivity index (χ2v) is 7.50. The molecule has 0 unspecified atom stereocenters. The number of fused-ring (bicyclic) bond motifs is 1. The second-order valence-electron chi connectivity index (χ2n) is 6.65. The van der Waals surface area contributed by atoms with Gasteiger partial charge in [-0.25, -0.2) is 4.79 Å². The molecule has 0 aliphatic carbocycles. The van der Waals surface area contributed by atoms with Gasteiger partial charge in [-0.2, -0.15) is 9.78 Å². The van der Waals surface area contributed by atoms with E-state index in [-0.39, 0.29) is 0 Å². The molecule has 1 heterocycles. The quantitative estimate of drug-likeness (QED) is 0.551. The molecule has 0 aliphatic rings. The van der Waals surface area contributed by atoms with Crippen LogP contribution in [-0.2, 0) is 4.74 Å². The van der Waals surface area contributed by atoms with E-state index >= 15 is 0 Å². The SMILES string of the molecule is CC(C)(C)OC(=O)n1nc(C=Cc2ccccc2Br)c2ccccc21. The molecule has 0 aliphatic heterocycles. The number of aromatic nitrogens is 2. The number of rotatable bonds is 2. The predicted octanol–water partition coefficient (Wildman–Crippen LogP) is 5.75. The number of hydrogen-bond donors (Lipinski definition) is 0. The maximum Gasteiger partial charge on any atom is 0.435 e. The molecule has 5 heteroatoms. The summed E-state index contributed by atoms with van der Waals surface area (Å²) in [6.45, 7) is 5.51. The van der Waals surface area contributed by atoms with Crippen LogP contribution in [0.4, 0.5) is 4.79 Å². The van der Waals surface area contributed by atoms with Gasteiger partial charge in [0.25, 0.3) is 0 Å². The van der Waals surface area contributed by atoms with Gasteiger partial charge in [-0.3, -0.25) is 0 Å². The summed E-state index contributed by atoms with van der Waals surface area (Å²) in [6.07, 6.45) is 3.39. The molecule has 128 valence electrons. The lowest BCUT2D eigenvalue weighted by Gasteiger charge is -2.19. The molecule has 1 aromatic heterocycles. The summed E-state index contributed by atoms with van der Waals surface area (Å²) >= 11 is 3.53. The average Bonchev–Trinajstić information content (AvgIpc) is 2.92. The van der Waals surface area contributed by atoms with Crippen molar-refractivity contribution in [3.63, 3.8) is 0 Å². The fourth-order valence-electron chi connectivity index (χ4n) is 2.44. The maximum atomic E-state index is 12.5. The number of halogens is 1. The van der Waals surface area contributed by atoms with Gasteiger partial charge in [0, 0.05) is 9.86 Å². The summed E-state index contributed by atoms with van der Waals surface area (Å²) in [6, 6.07) is 15.6. The fraction of sp³-hybridized carbons (Fsp3) is 0.200. The highest BCUT2D eigenvalue weighted by Crippen LogP contribution is 2.23. The largest absolute Gasteiger partial charge is 0.442 e. The molecule has 2 aromatic carbocycles. The van der Waals surface area contributed by atoms with Crippen LogP contribution >= 0.6 is 15.9 Å². The first-order valence-corrected chi connectivity index (χ1v) is 8.78. The van der Waals surface area contributed by atoms with E-state index < -0.39 is 11.7 Å². The van der Waals surface area contributed by atoms with E-state index in [1.54, 1.807) is 0 Å². The van der Waals surface area contributed by atoms with Gasteiger partial charge in [-0.15, -0.1) is 0 Å². The van der Waals surface area contributed by atoms with Gasteiger partial charge in [0.2, 0.25) is 0 Å². The van der Waals surface area contributed by atoms with Crippen LogP contribution in [0.1, 0.15) is 32.0 Å². The summed E-state index contributed by atoms with van der Waals surface area (Å²) in [7, 11) is 0. The second kappa shape index (κ2) is 6.84. The third-order valence-corrected chi connectivity index (χ3v) is 4.23. The molecule has 0 spiro atoms. The topological polar surface area (TPSA) is 44.1 Å². The van der Waals surface area contributed by atoms with E-state index in [4.69, 9.17) is 4.74 Å². The first-order valence-electron chi connectivity index (χ1n) is 7.99. The van der Waals surface area contributed by atoms with Gasteiger partial charge in [0.05, 0.1) is 11.2 Å². The average molecular weight is 399 g/mol. The first-order chi connectivity index (χ1) is 11.8. The normalized spacial score (nSPS) is 12.0. The molecule has 3 rings (SSSR count). The van der Waals surface area contributed by atoms with Crippen molar-refractivity contribution >= 4 is 45.1 Å². The Hall–Kier alpha value is -2.40. The zero-order valence-electron chi connectivity index (χ0n) is 14.4. The molecule has 0 bridgehead atoms. The van der Waals surface area contributed by atoms with Crippen LogP contribution in [0.3, 0.4) is 0 Å². The van der Waals surface area contributed by atoms with E-state index in [1.807, 2.05) is 81.5 Å². The van der Waals surface area contributed by atoms with Gasteiger partial charge in [0.15, 0.2) is 0 Å². The van der Waals surface area contributed by atoms with E-state index in [9.17, 15) is 4.79 Å². The van der Waals surface area contributed by atoms with Crippen molar-refractivity contribution in [1.82, 2.24) is 9.78 Å². The van der Waals surface area contributed by atoms with Crippen molar-refractivity contribution in [2.24, 2.45) is 0 Å². The molecule has 0 fully saturated rings. The van der Waals surface area contributed by atoms with E-state index in [2.05, 4.69) is 21.0 Å². The Bertz CT molecular complexity index is 952. The minimum absolute atomic E-state index is 0.482. The van der Waals surface area contributed by atoms with Gasteiger partial charge in [-0.1, -0.05) is 58.4 Å². The third kappa shape index (κ3) is 3.99. The first kappa shape index (κ1) is 17.4. The monoisotopic (exact) mass is 398 g/mol. The lowest BCUT2D eigenvalue weighted by molar-refractivity contribution is 0.0522. The van der Waals surface area contributed by atoms with Crippen molar-refractivity contribution in [3.8, 4) is 0 Å². The van der Waals surface area contributed by atoms with E-state index in [0.29, 0.717) is 0 Å². The summed E-state index contributed by atoms with van der Waals surface area (Å²) in [5, 5.41) is 5.36. The van der Waals surface area contributed by atoms with Crippen molar-refractivity contribution in [2.45, 2.75) is 26.4 Å². The Kier molecular flexibility index (Phi) is 4.77. The van der Waals surface area contributed by atoms with Gasteiger partial charge < -0.3 is 4.74 Å². The van der Waals surface area contributed by atoms with Gasteiger partial charge in [-0.05, 0) is 44.5 Å². The minimum Gasteiger partial charge on any atom is -0.442 e. The smallest absolute Gasteiger partial charge is 0.435 e. The highest BCUT2D eigenvalue weighted by Gasteiger charge is 2.21. The Labute approximate surface area is 155 Å². The van der Waals surface area contributed by atoms with Crippen LogP contribution in [0.15, 0.2) is 53.0 Å². The van der Waals surface area contributed by atoms with Crippen LogP contribution in [0.2, 0.25) is 0 Å². The third-order valence-electron chi connectivity index (χ3n) is 3.51. The fourth-order valence-corrected chi connectivity index (χ4v) is 2.85. The highest BCUT2D eigenvalue weighted by molar-refractivity contribution is 9.10. The molecule has 0 atom stereocenters. The number of hydrogen-bond acceptors (Lipinski definition) is 3. The van der Waals surface area contributed by atoms with Crippen LogP contribution < -0.4 is 0 Å². The number of benzene rings is 2. The Morgan fingerprint density at radius 1 is 1.08 bits per heavy atom. The lowest BCUT2D eigenvalue weighted by Crippen LogP contribution is -2.27. The van der Waals surface area contributed by atoms with Crippen LogP contribution in [0, 0.1) is 0 Å². The number of nitrogens with zero attached hydrogens (tertiary/aromatic N) is 2. The van der Waals surface area contributed by atoms with Gasteiger partial charge in [0.1, 0.15) is 5.60 Å². The highest BCUT2D eigenvalue weighted by atomic mass is 79.9. The minimum atomic E-state index is -0.574. The summed E-state index contributed by atoms with van der Waals surface area (Å²) in [4.78, 5) is 12.5. The molecule has 0 amide bonds. The molecule has 0 saturated heterocycles. The van der Waals surface area contributed by atoms with Crippen molar-refractivity contribution in [1.29, 1.82) is 0 Å². The Morgan fingerprint density at radius 3 is 2.48 bits per heavy atom. The Morgan fingerprint density at radius 2 is 1.76 bits per heavy atom. The molecule has 25 heavy (non-hydrogen) atoms. The van der Waals surface area contributed by atoms with Crippen LogP contribution in [-0.4, -0.2) is 21.5 Å². The van der Waals surface area contributed by atoms with Crippen LogP contribution in [0.5, 0.6) is 0 Å². The lowest BCUT2D eigenvalue weighted by atomic mass is 10.1. The molecule has 0 saturated carbocycles. The number of para-hydroxylation sites is 1. The molecule has 0 N–H and O–H groups in total. The van der Waals surface area contributed by atoms with Crippen LogP contribution in [0.25, 0.3) is 23.1 Å². The molecule has 4 nitrogen and oxygen atoms in total. The number of carbonyl (C=O) groups excluding carboxylic acids is 1. The molecule has 3 aromatic rings. The zero-order valence-corrected chi connectivity index (χ0v) is 15.9. The molecule has 0 radical (unpaired) electrons. The predicted molar refractivity (Wildman–Crippen MR) is 104 cm³/mol. The van der Waals surface area contributed by atoms with Crippen molar-refractivity contribution < 1.29 is 9.53 Å². The molecular formula is C20H19BrN2O2. The number of carbonyl (C=O) groups is 1. The van der Waals surface area contributed by atoms with Crippen molar-refractivity contribution in [3.05, 3.63) is 64.3 Å². The standard InChI is InChI=1S/C20H19BrN2O2/c1-20(2,3)25-19(24)23-18-11-7-5-9-15(18)17(22-23)13-12-14-8-4-6-10-16(14)21/h4-13H,1-3H3. The summed E-state index contributed by atoms with van der Waals surface area (Å²) in [5.74, 6) is 0. The maximum absolute atomic E-state index is 12.5. The van der Waals surface area contributed by atoms with Crippen molar-refractivity contribution in [2.75, 3.05) is 0 Å². The molecular weight excluding hydrogens is 380 g/mol. The summed E-state index contributed by atoms with van der Waals surface area (Å²) < 4.78 is 7.78. The number of ether oxygens (including phenoxy) is 1. The van der Waals surface area contributed by atoms with Gasteiger partial charge >= 0.3 is 6.09 Å². The van der Waals surface area contributed by atoms with E-state index in [0.717, 1.165) is 26.6 Å². The Balaban J connectivity index is 2.02.